The Bertz CT molecular complexity index is 647. The number of hydrogen-bond donors (Lipinski definition) is 1. The molecule has 2 aromatic heterocycles. The number of hydrogen-bond acceptors (Lipinski definition) is 4. The average Bonchev–Trinajstić information content (AvgIpc) is 2.78. The standard InChI is InChI=1S/C12H11N3O2/c1-3-9-6-14-12(17-9)10-4-8(5-13)11(16)15-7(10)2/h4,6H,3H2,1-2H3,(H,15,16). The maximum atomic E-state index is 11.4. The lowest BCUT2D eigenvalue weighted by Crippen LogP contribution is -2.11. The van der Waals surface area contributed by atoms with Gasteiger partial charge in [0.25, 0.3) is 5.56 Å². The van der Waals surface area contributed by atoms with Crippen LogP contribution in [-0.2, 0) is 6.42 Å². The Morgan fingerprint density at radius 3 is 2.94 bits per heavy atom. The van der Waals surface area contributed by atoms with Gasteiger partial charge < -0.3 is 9.40 Å². The Labute approximate surface area is 97.7 Å². The first-order valence-corrected chi connectivity index (χ1v) is 5.24. The van der Waals surface area contributed by atoms with E-state index in [9.17, 15) is 4.79 Å². The zero-order valence-electron chi connectivity index (χ0n) is 9.57. The molecule has 1 N–H and O–H groups in total. The topological polar surface area (TPSA) is 82.7 Å². The normalized spacial score (nSPS) is 10.2. The van der Waals surface area contributed by atoms with E-state index in [0.29, 0.717) is 17.1 Å². The Balaban J connectivity index is 2.59. The molecular formula is C12H11N3O2. The van der Waals surface area contributed by atoms with Gasteiger partial charge in [-0.25, -0.2) is 4.98 Å². The molecule has 5 nitrogen and oxygen atoms in total. The number of pyridine rings is 1. The van der Waals surface area contributed by atoms with Gasteiger partial charge in [0.15, 0.2) is 0 Å². The number of aromatic nitrogens is 2. The number of nitrogens with one attached hydrogen (secondary N) is 1. The smallest absolute Gasteiger partial charge is 0.266 e. The summed E-state index contributed by atoms with van der Waals surface area (Å²) in [6.45, 7) is 3.71. The summed E-state index contributed by atoms with van der Waals surface area (Å²) in [5.41, 5.74) is 0.942. The van der Waals surface area contributed by atoms with Gasteiger partial charge in [-0.15, -0.1) is 0 Å². The first-order valence-electron chi connectivity index (χ1n) is 5.24. The van der Waals surface area contributed by atoms with Crippen molar-refractivity contribution in [3.8, 4) is 17.5 Å². The second-order valence-electron chi connectivity index (χ2n) is 3.65. The quantitative estimate of drug-likeness (QED) is 0.850. The number of rotatable bonds is 2. The van der Waals surface area contributed by atoms with Crippen LogP contribution in [0.25, 0.3) is 11.5 Å². The minimum Gasteiger partial charge on any atom is -0.441 e. The van der Waals surface area contributed by atoms with Crippen LogP contribution in [0.2, 0.25) is 0 Å². The van der Waals surface area contributed by atoms with E-state index < -0.39 is 5.56 Å². The van der Waals surface area contributed by atoms with Crippen LogP contribution < -0.4 is 5.56 Å². The Hall–Kier alpha value is -2.35. The predicted molar refractivity (Wildman–Crippen MR) is 61.4 cm³/mol. The van der Waals surface area contributed by atoms with Gasteiger partial charge in [-0.2, -0.15) is 5.26 Å². The Morgan fingerprint density at radius 1 is 1.59 bits per heavy atom. The fourth-order valence-corrected chi connectivity index (χ4v) is 1.52. The average molecular weight is 229 g/mol. The van der Waals surface area contributed by atoms with E-state index in [2.05, 4.69) is 9.97 Å². The molecule has 0 aliphatic carbocycles. The molecule has 0 atom stereocenters. The lowest BCUT2D eigenvalue weighted by Gasteiger charge is -2.01. The largest absolute Gasteiger partial charge is 0.441 e. The first kappa shape index (κ1) is 11.1. The second kappa shape index (κ2) is 4.26. The molecule has 2 heterocycles. The molecule has 0 fully saturated rings. The van der Waals surface area contributed by atoms with E-state index in [1.54, 1.807) is 13.1 Å². The predicted octanol–water partition coefficient (Wildman–Crippen LogP) is 1.77. The van der Waals surface area contributed by atoms with E-state index >= 15 is 0 Å². The summed E-state index contributed by atoms with van der Waals surface area (Å²) >= 11 is 0. The molecule has 0 saturated heterocycles. The van der Waals surface area contributed by atoms with E-state index in [1.807, 2.05) is 13.0 Å². The molecule has 2 rings (SSSR count). The number of nitriles is 1. The van der Waals surface area contributed by atoms with Crippen molar-refractivity contribution in [2.45, 2.75) is 20.3 Å². The van der Waals surface area contributed by atoms with Crippen LogP contribution in [0.3, 0.4) is 0 Å². The molecule has 2 aromatic rings. The van der Waals surface area contributed by atoms with Crippen molar-refractivity contribution in [1.29, 1.82) is 5.26 Å². The van der Waals surface area contributed by atoms with Crippen LogP contribution in [0.4, 0.5) is 0 Å². The minimum atomic E-state index is -0.393. The molecule has 0 aliphatic rings. The van der Waals surface area contributed by atoms with E-state index in [4.69, 9.17) is 9.68 Å². The van der Waals surface area contributed by atoms with Gasteiger partial charge in [-0.05, 0) is 13.0 Å². The Morgan fingerprint density at radius 2 is 2.35 bits per heavy atom. The van der Waals surface area contributed by atoms with Crippen molar-refractivity contribution in [3.63, 3.8) is 0 Å². The summed E-state index contributed by atoms with van der Waals surface area (Å²) in [6, 6.07) is 3.34. The summed E-state index contributed by atoms with van der Waals surface area (Å²) < 4.78 is 5.50. The van der Waals surface area contributed by atoms with Gasteiger partial charge in [0.1, 0.15) is 17.4 Å². The molecule has 0 aromatic carbocycles. The van der Waals surface area contributed by atoms with Crippen LogP contribution in [0, 0.1) is 18.3 Å². The van der Waals surface area contributed by atoms with Gasteiger partial charge in [0.2, 0.25) is 5.89 Å². The number of H-pyrrole nitrogens is 1. The second-order valence-corrected chi connectivity index (χ2v) is 3.65. The number of nitrogens with zero attached hydrogens (tertiary/aromatic N) is 2. The minimum absolute atomic E-state index is 0.0573. The fourth-order valence-electron chi connectivity index (χ4n) is 1.52. The van der Waals surface area contributed by atoms with Gasteiger partial charge in [0, 0.05) is 12.1 Å². The summed E-state index contributed by atoms with van der Waals surface area (Å²) in [7, 11) is 0. The van der Waals surface area contributed by atoms with Crippen molar-refractivity contribution in [3.05, 3.63) is 39.6 Å². The lowest BCUT2D eigenvalue weighted by atomic mass is 10.1. The molecule has 5 heteroatoms. The first-order chi connectivity index (χ1) is 8.15. The molecule has 17 heavy (non-hydrogen) atoms. The van der Waals surface area contributed by atoms with E-state index in [1.165, 1.54) is 6.07 Å². The van der Waals surface area contributed by atoms with Crippen molar-refractivity contribution in [1.82, 2.24) is 9.97 Å². The van der Waals surface area contributed by atoms with Crippen molar-refractivity contribution in [2.24, 2.45) is 0 Å². The van der Waals surface area contributed by atoms with Crippen molar-refractivity contribution >= 4 is 0 Å². The highest BCUT2D eigenvalue weighted by Crippen LogP contribution is 2.21. The highest BCUT2D eigenvalue weighted by molar-refractivity contribution is 5.58. The summed E-state index contributed by atoms with van der Waals surface area (Å²) in [4.78, 5) is 18.1. The molecule has 0 aliphatic heterocycles. The molecule has 0 spiro atoms. The third-order valence-corrected chi connectivity index (χ3v) is 2.49. The van der Waals surface area contributed by atoms with Crippen LogP contribution in [0.5, 0.6) is 0 Å². The molecule has 0 saturated carbocycles. The summed E-state index contributed by atoms with van der Waals surface area (Å²) in [5.74, 6) is 1.19. The molecule has 86 valence electrons. The molecule has 0 radical (unpaired) electrons. The zero-order chi connectivity index (χ0) is 12.4. The van der Waals surface area contributed by atoms with Crippen LogP contribution >= 0.6 is 0 Å². The lowest BCUT2D eigenvalue weighted by molar-refractivity contribution is 0.524. The molecule has 0 bridgehead atoms. The van der Waals surface area contributed by atoms with Crippen LogP contribution in [-0.4, -0.2) is 9.97 Å². The van der Waals surface area contributed by atoms with Gasteiger partial charge in [0.05, 0.1) is 11.8 Å². The Kier molecular flexibility index (Phi) is 2.79. The fraction of sp³-hybridized carbons (Fsp3) is 0.250. The van der Waals surface area contributed by atoms with Gasteiger partial charge in [-0.3, -0.25) is 4.79 Å². The van der Waals surface area contributed by atoms with E-state index in [-0.39, 0.29) is 5.56 Å². The maximum Gasteiger partial charge on any atom is 0.266 e. The maximum absolute atomic E-state index is 11.4. The number of aromatic amines is 1. The molecular weight excluding hydrogens is 218 g/mol. The van der Waals surface area contributed by atoms with Crippen LogP contribution in [0.15, 0.2) is 21.5 Å². The highest BCUT2D eigenvalue weighted by Gasteiger charge is 2.12. The summed E-state index contributed by atoms with van der Waals surface area (Å²) in [5, 5.41) is 8.81. The van der Waals surface area contributed by atoms with Crippen molar-refractivity contribution < 1.29 is 4.42 Å². The number of oxazole rings is 1. The number of aryl methyl sites for hydroxylation is 2. The summed E-state index contributed by atoms with van der Waals surface area (Å²) in [6.07, 6.45) is 2.40. The van der Waals surface area contributed by atoms with Gasteiger partial charge in [-0.1, -0.05) is 6.92 Å². The molecule has 0 amide bonds. The van der Waals surface area contributed by atoms with Crippen LogP contribution in [0.1, 0.15) is 23.9 Å². The zero-order valence-corrected chi connectivity index (χ0v) is 9.57. The monoisotopic (exact) mass is 229 g/mol. The van der Waals surface area contributed by atoms with Crippen molar-refractivity contribution in [2.75, 3.05) is 0 Å². The highest BCUT2D eigenvalue weighted by atomic mass is 16.4. The molecule has 0 unspecified atom stereocenters. The third kappa shape index (κ3) is 1.97. The SMILES string of the molecule is CCc1cnc(-c2cc(C#N)c(=O)[nH]c2C)o1. The third-order valence-electron chi connectivity index (χ3n) is 2.49. The van der Waals surface area contributed by atoms with Gasteiger partial charge >= 0.3 is 0 Å². The van der Waals surface area contributed by atoms with E-state index in [0.717, 1.165) is 12.2 Å².